The van der Waals surface area contributed by atoms with Gasteiger partial charge < -0.3 is 10.2 Å². The number of likely N-dealkylation sites (tertiary alicyclic amines) is 1. The number of halogens is 1. The van der Waals surface area contributed by atoms with Gasteiger partial charge in [0.05, 0.1) is 17.9 Å². The van der Waals surface area contributed by atoms with E-state index in [1.54, 1.807) is 13.2 Å². The zero-order valence-electron chi connectivity index (χ0n) is 13.4. The average molecular weight is 339 g/mol. The van der Waals surface area contributed by atoms with Crippen molar-refractivity contribution in [3.8, 4) is 0 Å². The minimum atomic E-state index is -0.257. The summed E-state index contributed by atoms with van der Waals surface area (Å²) in [5, 5.41) is 7.28. The molecule has 2 aliphatic rings. The van der Waals surface area contributed by atoms with E-state index >= 15 is 0 Å². The quantitative estimate of drug-likeness (QED) is 0.918. The molecule has 1 aliphatic carbocycles. The fourth-order valence-corrected chi connectivity index (χ4v) is 3.87. The summed E-state index contributed by atoms with van der Waals surface area (Å²) in [6.07, 6.45) is 7.07. The highest BCUT2D eigenvalue weighted by Gasteiger charge is 2.32. The summed E-state index contributed by atoms with van der Waals surface area (Å²) in [7, 11) is 1.71. The Kier molecular flexibility index (Phi) is 4.90. The van der Waals surface area contributed by atoms with E-state index in [2.05, 4.69) is 10.4 Å². The van der Waals surface area contributed by atoms with Gasteiger partial charge in [-0.3, -0.25) is 9.59 Å². The molecule has 0 bridgehead atoms. The molecule has 6 nitrogen and oxygen atoms in total. The standard InChI is InChI=1S/C16H23ClN4O2/c1-18-13-10-19-21(16(23)14(13)17)12-6-4-11(5-7-12)15(22)20-8-2-3-9-20/h10-12,18H,2-9H2,1H3. The van der Waals surface area contributed by atoms with Crippen LogP contribution in [-0.2, 0) is 4.79 Å². The number of hydrogen-bond donors (Lipinski definition) is 1. The van der Waals surface area contributed by atoms with Crippen LogP contribution in [0.3, 0.4) is 0 Å². The van der Waals surface area contributed by atoms with E-state index in [-0.39, 0.29) is 22.5 Å². The van der Waals surface area contributed by atoms with Crippen molar-refractivity contribution in [2.75, 3.05) is 25.5 Å². The Balaban J connectivity index is 1.66. The van der Waals surface area contributed by atoms with Gasteiger partial charge in [-0.05, 0) is 38.5 Å². The monoisotopic (exact) mass is 338 g/mol. The Morgan fingerprint density at radius 3 is 2.52 bits per heavy atom. The molecule has 0 atom stereocenters. The fourth-order valence-electron chi connectivity index (χ4n) is 3.64. The third-order valence-electron chi connectivity index (χ3n) is 5.02. The SMILES string of the molecule is CNc1cnn(C2CCC(C(=O)N3CCCC3)CC2)c(=O)c1Cl. The van der Waals surface area contributed by atoms with Gasteiger partial charge in [-0.1, -0.05) is 11.6 Å². The van der Waals surface area contributed by atoms with E-state index in [4.69, 9.17) is 11.6 Å². The van der Waals surface area contributed by atoms with E-state index in [0.29, 0.717) is 11.6 Å². The Hall–Kier alpha value is -1.56. The predicted octanol–water partition coefficient (Wildman–Crippen LogP) is 2.29. The molecule has 1 aromatic heterocycles. The van der Waals surface area contributed by atoms with Gasteiger partial charge >= 0.3 is 0 Å². The number of nitrogens with one attached hydrogen (secondary N) is 1. The first kappa shape index (κ1) is 16.3. The lowest BCUT2D eigenvalue weighted by molar-refractivity contribution is -0.135. The van der Waals surface area contributed by atoms with Crippen LogP contribution in [0.5, 0.6) is 0 Å². The molecule has 1 aromatic rings. The van der Waals surface area contributed by atoms with Crippen LogP contribution in [0.1, 0.15) is 44.6 Å². The van der Waals surface area contributed by atoms with Crippen molar-refractivity contribution in [3.63, 3.8) is 0 Å². The van der Waals surface area contributed by atoms with Gasteiger partial charge in [-0.25, -0.2) is 4.68 Å². The van der Waals surface area contributed by atoms with Gasteiger partial charge in [-0.15, -0.1) is 0 Å². The highest BCUT2D eigenvalue weighted by molar-refractivity contribution is 6.32. The molecule has 0 radical (unpaired) electrons. The molecule has 1 aliphatic heterocycles. The minimum Gasteiger partial charge on any atom is -0.385 e. The molecule has 1 N–H and O–H groups in total. The molecular formula is C16H23ClN4O2. The van der Waals surface area contributed by atoms with Crippen molar-refractivity contribution >= 4 is 23.2 Å². The van der Waals surface area contributed by atoms with Crippen LogP contribution in [0.25, 0.3) is 0 Å². The number of carbonyl (C=O) groups excluding carboxylic acids is 1. The topological polar surface area (TPSA) is 67.2 Å². The molecule has 1 amide bonds. The lowest BCUT2D eigenvalue weighted by atomic mass is 9.85. The van der Waals surface area contributed by atoms with Crippen LogP contribution < -0.4 is 10.9 Å². The van der Waals surface area contributed by atoms with Crippen molar-refractivity contribution in [2.24, 2.45) is 5.92 Å². The van der Waals surface area contributed by atoms with Gasteiger partial charge in [0.1, 0.15) is 5.02 Å². The number of carbonyl (C=O) groups is 1. The van der Waals surface area contributed by atoms with Crippen LogP contribution >= 0.6 is 11.6 Å². The van der Waals surface area contributed by atoms with Crippen molar-refractivity contribution in [1.29, 1.82) is 0 Å². The number of aromatic nitrogens is 2. The Morgan fingerprint density at radius 2 is 1.91 bits per heavy atom. The highest BCUT2D eigenvalue weighted by atomic mass is 35.5. The molecule has 7 heteroatoms. The zero-order chi connectivity index (χ0) is 16.4. The minimum absolute atomic E-state index is 0.0357. The van der Waals surface area contributed by atoms with E-state index in [1.165, 1.54) is 4.68 Å². The second kappa shape index (κ2) is 6.91. The third-order valence-corrected chi connectivity index (χ3v) is 5.39. The molecule has 126 valence electrons. The van der Waals surface area contributed by atoms with E-state index in [1.807, 2.05) is 4.90 Å². The summed E-state index contributed by atoms with van der Waals surface area (Å²) in [6, 6.07) is 0.0357. The first-order valence-electron chi connectivity index (χ1n) is 8.35. The molecular weight excluding hydrogens is 316 g/mol. The second-order valence-electron chi connectivity index (χ2n) is 6.41. The fraction of sp³-hybridized carbons (Fsp3) is 0.688. The summed E-state index contributed by atoms with van der Waals surface area (Å²) in [5.41, 5.74) is 0.290. The molecule has 2 fully saturated rings. The summed E-state index contributed by atoms with van der Waals surface area (Å²) in [5.74, 6) is 0.400. The third kappa shape index (κ3) is 3.22. The maximum Gasteiger partial charge on any atom is 0.287 e. The number of amides is 1. The Bertz CT molecular complexity index is 631. The number of rotatable bonds is 3. The largest absolute Gasteiger partial charge is 0.385 e. The first-order chi connectivity index (χ1) is 11.1. The Labute approximate surface area is 140 Å². The molecule has 1 saturated heterocycles. The lowest BCUT2D eigenvalue weighted by Gasteiger charge is -2.30. The Morgan fingerprint density at radius 1 is 1.26 bits per heavy atom. The number of nitrogens with zero attached hydrogens (tertiary/aromatic N) is 3. The van der Waals surface area contributed by atoms with Crippen LogP contribution in [-0.4, -0.2) is 40.7 Å². The van der Waals surface area contributed by atoms with Crippen molar-refractivity contribution in [3.05, 3.63) is 21.6 Å². The summed E-state index contributed by atoms with van der Waals surface area (Å²) in [4.78, 5) is 26.8. The lowest BCUT2D eigenvalue weighted by Crippen LogP contribution is -2.37. The molecule has 23 heavy (non-hydrogen) atoms. The van der Waals surface area contributed by atoms with Gasteiger partial charge in [-0.2, -0.15) is 5.10 Å². The van der Waals surface area contributed by atoms with E-state index in [9.17, 15) is 9.59 Å². The average Bonchev–Trinajstić information content (AvgIpc) is 3.11. The van der Waals surface area contributed by atoms with Crippen molar-refractivity contribution < 1.29 is 4.79 Å². The number of anilines is 1. The first-order valence-corrected chi connectivity index (χ1v) is 8.73. The molecule has 3 rings (SSSR count). The zero-order valence-corrected chi connectivity index (χ0v) is 14.2. The van der Waals surface area contributed by atoms with E-state index in [0.717, 1.165) is 51.6 Å². The van der Waals surface area contributed by atoms with Crippen LogP contribution in [0.2, 0.25) is 5.02 Å². The van der Waals surface area contributed by atoms with Crippen LogP contribution in [0.15, 0.2) is 11.0 Å². The molecule has 1 saturated carbocycles. The van der Waals surface area contributed by atoms with Gasteiger partial charge in [0.2, 0.25) is 5.91 Å². The summed E-state index contributed by atoms with van der Waals surface area (Å²) >= 11 is 6.09. The van der Waals surface area contributed by atoms with Crippen molar-refractivity contribution in [1.82, 2.24) is 14.7 Å². The molecule has 0 unspecified atom stereocenters. The number of hydrogen-bond acceptors (Lipinski definition) is 4. The maximum atomic E-state index is 12.5. The van der Waals surface area contributed by atoms with Gasteiger partial charge in [0.15, 0.2) is 0 Å². The van der Waals surface area contributed by atoms with Crippen LogP contribution in [0, 0.1) is 5.92 Å². The van der Waals surface area contributed by atoms with Gasteiger partial charge in [0.25, 0.3) is 5.56 Å². The molecule has 2 heterocycles. The predicted molar refractivity (Wildman–Crippen MR) is 89.9 cm³/mol. The van der Waals surface area contributed by atoms with Gasteiger partial charge in [0, 0.05) is 26.1 Å². The highest BCUT2D eigenvalue weighted by Crippen LogP contribution is 2.33. The summed E-state index contributed by atoms with van der Waals surface area (Å²) in [6.45, 7) is 1.81. The second-order valence-corrected chi connectivity index (χ2v) is 6.79. The van der Waals surface area contributed by atoms with E-state index < -0.39 is 0 Å². The maximum absolute atomic E-state index is 12.5. The smallest absolute Gasteiger partial charge is 0.287 e. The van der Waals surface area contributed by atoms with Crippen LogP contribution in [0.4, 0.5) is 5.69 Å². The molecule has 0 aromatic carbocycles. The van der Waals surface area contributed by atoms with Crippen molar-refractivity contribution in [2.45, 2.75) is 44.6 Å². The summed E-state index contributed by atoms with van der Waals surface area (Å²) < 4.78 is 1.49. The molecule has 0 spiro atoms. The normalized spacial score (nSPS) is 24.7.